The summed E-state index contributed by atoms with van der Waals surface area (Å²) in [6, 6.07) is 16.1. The lowest BCUT2D eigenvalue weighted by atomic mass is 10.2. The summed E-state index contributed by atoms with van der Waals surface area (Å²) in [4.78, 5) is 19.6. The van der Waals surface area contributed by atoms with Crippen LogP contribution in [0.4, 0.5) is 5.13 Å². The molecule has 0 spiro atoms. The fourth-order valence-corrected chi connectivity index (χ4v) is 3.74. The minimum Gasteiger partial charge on any atom is -0.291 e. The van der Waals surface area contributed by atoms with Crippen LogP contribution in [0, 0.1) is 6.92 Å². The van der Waals surface area contributed by atoms with E-state index >= 15 is 0 Å². The molecule has 0 bridgehead atoms. The molecule has 0 aliphatic carbocycles. The molecule has 3 rings (SSSR count). The molecule has 1 aromatic heterocycles. The van der Waals surface area contributed by atoms with E-state index in [1.54, 1.807) is 35.0 Å². The summed E-state index contributed by atoms with van der Waals surface area (Å²) in [5, 5.41) is 0.746. The Hall–Kier alpha value is -1.85. The fourth-order valence-electron chi connectivity index (χ4n) is 1.99. The molecule has 0 saturated carbocycles. The van der Waals surface area contributed by atoms with Crippen molar-refractivity contribution in [3.63, 3.8) is 0 Å². The summed E-state index contributed by atoms with van der Waals surface area (Å²) in [6.45, 7) is 2.06. The molecule has 0 radical (unpaired) electrons. The summed E-state index contributed by atoms with van der Waals surface area (Å²) in [5.41, 5.74) is 2.16. The molecule has 0 aliphatic heterocycles. The number of benzene rings is 2. The lowest BCUT2D eigenvalue weighted by Crippen LogP contribution is -2.27. The van der Waals surface area contributed by atoms with Crippen molar-refractivity contribution in [2.24, 2.45) is 0 Å². The number of hydrogen-bond donors (Lipinski definition) is 0. The number of nitrogens with zero attached hydrogens (tertiary/aromatic N) is 2. The molecule has 0 saturated heterocycles. The fraction of sp³-hybridized carbons (Fsp3) is 0.176. The first-order chi connectivity index (χ1) is 10.6. The topological polar surface area (TPSA) is 33.2 Å². The standard InChI is InChI=1S/C17H16N2OS2/c1-12-7-9-13(10-8-12)21-11-16(20)19(2)17-18-14-5-3-4-6-15(14)22-17/h3-10H,11H2,1-2H3. The van der Waals surface area contributed by atoms with Gasteiger partial charge in [0.25, 0.3) is 0 Å². The van der Waals surface area contributed by atoms with Crippen molar-refractivity contribution in [3.8, 4) is 0 Å². The monoisotopic (exact) mass is 328 g/mol. The minimum absolute atomic E-state index is 0.0598. The zero-order valence-electron chi connectivity index (χ0n) is 12.4. The van der Waals surface area contributed by atoms with E-state index in [9.17, 15) is 4.79 Å². The smallest absolute Gasteiger partial charge is 0.238 e. The molecule has 0 atom stereocenters. The van der Waals surface area contributed by atoms with Crippen molar-refractivity contribution >= 4 is 44.4 Å². The van der Waals surface area contributed by atoms with E-state index in [1.807, 2.05) is 36.4 Å². The zero-order valence-corrected chi connectivity index (χ0v) is 14.1. The number of amides is 1. The first-order valence-corrected chi connectivity index (χ1v) is 8.75. The number of rotatable bonds is 4. The predicted molar refractivity (Wildman–Crippen MR) is 94.9 cm³/mol. The molecule has 2 aromatic carbocycles. The van der Waals surface area contributed by atoms with Gasteiger partial charge in [0, 0.05) is 11.9 Å². The number of fused-ring (bicyclic) bond motifs is 1. The number of carbonyl (C=O) groups excluding carboxylic acids is 1. The van der Waals surface area contributed by atoms with Gasteiger partial charge in [-0.25, -0.2) is 4.98 Å². The molecule has 0 unspecified atom stereocenters. The van der Waals surface area contributed by atoms with Crippen molar-refractivity contribution < 1.29 is 4.79 Å². The molecular weight excluding hydrogens is 312 g/mol. The first-order valence-electron chi connectivity index (χ1n) is 6.95. The van der Waals surface area contributed by atoms with Crippen molar-refractivity contribution in [1.29, 1.82) is 0 Å². The third kappa shape index (κ3) is 3.31. The maximum absolute atomic E-state index is 12.3. The molecule has 3 nitrogen and oxygen atoms in total. The van der Waals surface area contributed by atoms with Gasteiger partial charge < -0.3 is 0 Å². The minimum atomic E-state index is 0.0598. The van der Waals surface area contributed by atoms with E-state index < -0.39 is 0 Å². The van der Waals surface area contributed by atoms with Gasteiger partial charge in [-0.15, -0.1) is 11.8 Å². The average Bonchev–Trinajstić information content (AvgIpc) is 2.97. The van der Waals surface area contributed by atoms with Gasteiger partial charge in [-0.05, 0) is 31.2 Å². The number of carbonyl (C=O) groups is 1. The molecule has 5 heteroatoms. The quantitative estimate of drug-likeness (QED) is 0.667. The third-order valence-electron chi connectivity index (χ3n) is 3.33. The number of hydrogen-bond acceptors (Lipinski definition) is 4. The van der Waals surface area contributed by atoms with Crippen LogP contribution < -0.4 is 4.90 Å². The van der Waals surface area contributed by atoms with Gasteiger partial charge in [0.05, 0.1) is 16.0 Å². The van der Waals surface area contributed by atoms with Crippen LogP contribution in [0.15, 0.2) is 53.4 Å². The summed E-state index contributed by atoms with van der Waals surface area (Å²) in [6.07, 6.45) is 0. The highest BCUT2D eigenvalue weighted by Gasteiger charge is 2.15. The van der Waals surface area contributed by atoms with Gasteiger partial charge in [0.15, 0.2) is 5.13 Å². The SMILES string of the molecule is Cc1ccc(SCC(=O)N(C)c2nc3ccccc3s2)cc1. The lowest BCUT2D eigenvalue weighted by Gasteiger charge is -2.13. The molecule has 0 aliphatic rings. The van der Waals surface area contributed by atoms with Crippen LogP contribution in [-0.4, -0.2) is 23.7 Å². The second-order valence-electron chi connectivity index (χ2n) is 5.02. The summed E-state index contributed by atoms with van der Waals surface area (Å²) in [5.74, 6) is 0.472. The van der Waals surface area contributed by atoms with E-state index in [-0.39, 0.29) is 5.91 Å². The van der Waals surface area contributed by atoms with Crippen molar-refractivity contribution in [2.45, 2.75) is 11.8 Å². The summed E-state index contributed by atoms with van der Waals surface area (Å²) in [7, 11) is 1.79. The normalized spacial score (nSPS) is 10.8. The van der Waals surface area contributed by atoms with Crippen LogP contribution >= 0.6 is 23.1 Å². The molecular formula is C17H16N2OS2. The Balaban J connectivity index is 1.67. The highest BCUT2D eigenvalue weighted by molar-refractivity contribution is 8.00. The second kappa shape index (κ2) is 6.50. The van der Waals surface area contributed by atoms with Crippen LogP contribution in [0.25, 0.3) is 10.2 Å². The lowest BCUT2D eigenvalue weighted by molar-refractivity contribution is -0.115. The molecule has 0 fully saturated rings. The van der Waals surface area contributed by atoms with E-state index in [1.165, 1.54) is 5.56 Å². The number of thioether (sulfide) groups is 1. The van der Waals surface area contributed by atoms with Crippen LogP contribution in [0.2, 0.25) is 0 Å². The van der Waals surface area contributed by atoms with Crippen LogP contribution in [0.5, 0.6) is 0 Å². The average molecular weight is 328 g/mol. The van der Waals surface area contributed by atoms with E-state index in [2.05, 4.69) is 24.0 Å². The van der Waals surface area contributed by atoms with Crippen molar-refractivity contribution in [2.75, 3.05) is 17.7 Å². The molecule has 22 heavy (non-hydrogen) atoms. The number of anilines is 1. The molecule has 3 aromatic rings. The highest BCUT2D eigenvalue weighted by Crippen LogP contribution is 2.28. The molecule has 0 N–H and O–H groups in total. The van der Waals surface area contributed by atoms with Crippen molar-refractivity contribution in [1.82, 2.24) is 4.98 Å². The Morgan fingerprint density at radius 1 is 1.18 bits per heavy atom. The largest absolute Gasteiger partial charge is 0.291 e. The van der Waals surface area contributed by atoms with Gasteiger partial charge in [0.2, 0.25) is 5.91 Å². The van der Waals surface area contributed by atoms with Gasteiger partial charge in [0.1, 0.15) is 0 Å². The molecule has 1 amide bonds. The maximum Gasteiger partial charge on any atom is 0.238 e. The Bertz CT molecular complexity index is 763. The van der Waals surface area contributed by atoms with Gasteiger partial charge in [-0.1, -0.05) is 41.2 Å². The van der Waals surface area contributed by atoms with Gasteiger partial charge in [-0.2, -0.15) is 0 Å². The Morgan fingerprint density at radius 2 is 1.91 bits per heavy atom. The summed E-state index contributed by atoms with van der Waals surface area (Å²) < 4.78 is 1.10. The number of thiazole rings is 1. The van der Waals surface area contributed by atoms with E-state index in [0.717, 1.165) is 20.2 Å². The predicted octanol–water partition coefficient (Wildman–Crippen LogP) is 4.36. The maximum atomic E-state index is 12.3. The van der Waals surface area contributed by atoms with E-state index in [4.69, 9.17) is 0 Å². The van der Waals surface area contributed by atoms with Crippen molar-refractivity contribution in [3.05, 3.63) is 54.1 Å². The first kappa shape index (κ1) is 15.1. The number of aryl methyl sites for hydroxylation is 1. The summed E-state index contributed by atoms with van der Waals surface area (Å²) >= 11 is 3.09. The second-order valence-corrected chi connectivity index (χ2v) is 7.08. The number of aromatic nitrogens is 1. The Kier molecular flexibility index (Phi) is 4.45. The van der Waals surface area contributed by atoms with Gasteiger partial charge >= 0.3 is 0 Å². The third-order valence-corrected chi connectivity index (χ3v) is 5.44. The molecule has 112 valence electrons. The highest BCUT2D eigenvalue weighted by atomic mass is 32.2. The Labute approximate surface area is 138 Å². The van der Waals surface area contributed by atoms with E-state index in [0.29, 0.717) is 5.75 Å². The van der Waals surface area contributed by atoms with Crippen LogP contribution in [-0.2, 0) is 4.79 Å². The van der Waals surface area contributed by atoms with Crippen LogP contribution in [0.1, 0.15) is 5.56 Å². The zero-order chi connectivity index (χ0) is 15.5. The Morgan fingerprint density at radius 3 is 2.64 bits per heavy atom. The van der Waals surface area contributed by atoms with Gasteiger partial charge in [-0.3, -0.25) is 9.69 Å². The van der Waals surface area contributed by atoms with Crippen LogP contribution in [0.3, 0.4) is 0 Å². The number of para-hydroxylation sites is 1. The molecule has 1 heterocycles.